The summed E-state index contributed by atoms with van der Waals surface area (Å²) in [7, 11) is 0. The molecule has 2 rings (SSSR count). The first-order valence-electron chi connectivity index (χ1n) is 8.57. The number of rotatable bonds is 7. The van der Waals surface area contributed by atoms with Gasteiger partial charge in [0.2, 0.25) is 0 Å². The summed E-state index contributed by atoms with van der Waals surface area (Å²) in [6, 6.07) is 7.92. The van der Waals surface area contributed by atoms with Gasteiger partial charge in [0.15, 0.2) is 0 Å². The average Bonchev–Trinajstić information content (AvgIpc) is 2.60. The predicted molar refractivity (Wildman–Crippen MR) is 122 cm³/mol. The third kappa shape index (κ3) is 4.86. The summed E-state index contributed by atoms with van der Waals surface area (Å²) in [5.74, 6) is 0.408. The van der Waals surface area contributed by atoms with Gasteiger partial charge in [0.25, 0.3) is 0 Å². The van der Waals surface area contributed by atoms with Gasteiger partial charge in [0.1, 0.15) is 11.5 Å². The standard InChI is InChI=1S/C20H22Br4O2/c1-3-4-5-6-7-20(2,12-8-14(21)18(25)15(22)9-12)13-10-16(23)19(26)17(24)11-13/h8-11,25-26H,3-7H2,1-2H3. The SMILES string of the molecule is CCCCCCC(C)(c1cc(Br)c(O)c(Br)c1)c1cc(Br)c(O)c(Br)c1. The molecule has 2 N–H and O–H groups in total. The van der Waals surface area contributed by atoms with Gasteiger partial charge < -0.3 is 10.2 Å². The molecule has 2 aromatic carbocycles. The van der Waals surface area contributed by atoms with E-state index in [-0.39, 0.29) is 16.9 Å². The van der Waals surface area contributed by atoms with Gasteiger partial charge in [-0.25, -0.2) is 0 Å². The Labute approximate surface area is 188 Å². The highest BCUT2D eigenvalue weighted by Gasteiger charge is 2.31. The summed E-state index contributed by atoms with van der Waals surface area (Å²) in [4.78, 5) is 0. The fourth-order valence-electron chi connectivity index (χ4n) is 3.13. The third-order valence-corrected chi connectivity index (χ3v) is 7.26. The molecule has 142 valence electrons. The van der Waals surface area contributed by atoms with E-state index in [1.54, 1.807) is 0 Å². The van der Waals surface area contributed by atoms with Crippen LogP contribution in [0.3, 0.4) is 0 Å². The monoisotopic (exact) mass is 610 g/mol. The van der Waals surface area contributed by atoms with E-state index in [1.807, 2.05) is 24.3 Å². The van der Waals surface area contributed by atoms with Gasteiger partial charge in [0, 0.05) is 5.41 Å². The number of phenols is 2. The van der Waals surface area contributed by atoms with Gasteiger partial charge in [-0.15, -0.1) is 0 Å². The maximum absolute atomic E-state index is 10.1. The van der Waals surface area contributed by atoms with Crippen LogP contribution in [0.4, 0.5) is 0 Å². The van der Waals surface area contributed by atoms with Crippen LogP contribution in [0.1, 0.15) is 57.1 Å². The summed E-state index contributed by atoms with van der Waals surface area (Å²) < 4.78 is 2.66. The van der Waals surface area contributed by atoms with Crippen LogP contribution in [-0.2, 0) is 5.41 Å². The van der Waals surface area contributed by atoms with E-state index in [0.29, 0.717) is 17.9 Å². The molecule has 0 spiro atoms. The first kappa shape index (κ1) is 22.3. The van der Waals surface area contributed by atoms with Gasteiger partial charge in [-0.05, 0) is 106 Å². The van der Waals surface area contributed by atoms with Crippen molar-refractivity contribution in [2.45, 2.75) is 51.4 Å². The Morgan fingerprint density at radius 2 is 1.12 bits per heavy atom. The molecule has 0 unspecified atom stereocenters. The second kappa shape index (κ2) is 9.44. The molecule has 0 aliphatic rings. The van der Waals surface area contributed by atoms with E-state index in [0.717, 1.165) is 24.0 Å². The van der Waals surface area contributed by atoms with Crippen molar-refractivity contribution >= 4 is 63.7 Å². The lowest BCUT2D eigenvalue weighted by Crippen LogP contribution is -2.24. The molecule has 2 nitrogen and oxygen atoms in total. The molecule has 6 heteroatoms. The first-order valence-corrected chi connectivity index (χ1v) is 11.7. The summed E-state index contributed by atoms with van der Waals surface area (Å²) in [6.45, 7) is 4.43. The van der Waals surface area contributed by atoms with E-state index in [2.05, 4.69) is 77.6 Å². The van der Waals surface area contributed by atoms with Crippen molar-refractivity contribution in [3.63, 3.8) is 0 Å². The number of phenolic OH excluding ortho intramolecular Hbond substituents is 2. The Kier molecular flexibility index (Phi) is 8.08. The topological polar surface area (TPSA) is 40.5 Å². The Bertz CT molecular complexity index is 686. The van der Waals surface area contributed by atoms with Crippen LogP contribution in [0.15, 0.2) is 42.2 Å². The van der Waals surface area contributed by atoms with Gasteiger partial charge >= 0.3 is 0 Å². The maximum atomic E-state index is 10.1. The van der Waals surface area contributed by atoms with E-state index < -0.39 is 0 Å². The van der Waals surface area contributed by atoms with Crippen molar-refractivity contribution in [1.82, 2.24) is 0 Å². The molecular weight excluding hydrogens is 592 g/mol. The quantitative estimate of drug-likeness (QED) is 0.308. The minimum Gasteiger partial charge on any atom is -0.506 e. The predicted octanol–water partition coefficient (Wildman–Crippen LogP) is 8.42. The largest absolute Gasteiger partial charge is 0.506 e. The Morgan fingerprint density at radius 3 is 1.46 bits per heavy atom. The zero-order chi connectivity index (χ0) is 19.5. The van der Waals surface area contributed by atoms with E-state index >= 15 is 0 Å². The molecular formula is C20H22Br4O2. The van der Waals surface area contributed by atoms with Crippen molar-refractivity contribution in [1.29, 1.82) is 0 Å². The second-order valence-electron chi connectivity index (χ2n) is 6.72. The highest BCUT2D eigenvalue weighted by Crippen LogP contribution is 2.45. The van der Waals surface area contributed by atoms with Crippen molar-refractivity contribution < 1.29 is 10.2 Å². The number of unbranched alkanes of at least 4 members (excludes halogenated alkanes) is 3. The van der Waals surface area contributed by atoms with Crippen LogP contribution < -0.4 is 0 Å². The maximum Gasteiger partial charge on any atom is 0.143 e. The van der Waals surface area contributed by atoms with Crippen molar-refractivity contribution in [2.24, 2.45) is 0 Å². The number of benzene rings is 2. The van der Waals surface area contributed by atoms with Gasteiger partial charge in [0.05, 0.1) is 17.9 Å². The Morgan fingerprint density at radius 1 is 0.731 bits per heavy atom. The first-order chi connectivity index (χ1) is 12.2. The van der Waals surface area contributed by atoms with Crippen molar-refractivity contribution in [3.8, 4) is 11.5 Å². The normalized spacial score (nSPS) is 11.8. The van der Waals surface area contributed by atoms with Crippen LogP contribution in [0.25, 0.3) is 0 Å². The second-order valence-corrected chi connectivity index (χ2v) is 10.1. The lowest BCUT2D eigenvalue weighted by atomic mass is 9.72. The molecule has 2 aromatic rings. The molecule has 0 saturated carbocycles. The fraction of sp³-hybridized carbons (Fsp3) is 0.400. The molecule has 0 aliphatic heterocycles. The van der Waals surface area contributed by atoms with E-state index in [4.69, 9.17) is 0 Å². The molecule has 0 saturated heterocycles. The molecule has 0 radical (unpaired) electrons. The molecule has 0 atom stereocenters. The van der Waals surface area contributed by atoms with Crippen molar-refractivity contribution in [3.05, 3.63) is 53.3 Å². The molecule has 0 bridgehead atoms. The van der Waals surface area contributed by atoms with Crippen LogP contribution in [0.2, 0.25) is 0 Å². The zero-order valence-corrected chi connectivity index (χ0v) is 21.1. The van der Waals surface area contributed by atoms with E-state index in [1.165, 1.54) is 19.3 Å². The summed E-state index contributed by atoms with van der Waals surface area (Å²) in [5, 5.41) is 20.2. The lowest BCUT2D eigenvalue weighted by molar-refractivity contribution is 0.456. The smallest absolute Gasteiger partial charge is 0.143 e. The van der Waals surface area contributed by atoms with Crippen molar-refractivity contribution in [2.75, 3.05) is 0 Å². The van der Waals surface area contributed by atoms with E-state index in [9.17, 15) is 10.2 Å². The summed E-state index contributed by atoms with van der Waals surface area (Å²) in [6.07, 6.45) is 5.69. The number of hydrogen-bond donors (Lipinski definition) is 2. The minimum atomic E-state index is -0.259. The Hall–Kier alpha value is -0.0400. The molecule has 0 amide bonds. The Balaban J connectivity index is 2.56. The molecule has 0 aromatic heterocycles. The van der Waals surface area contributed by atoms with Crippen LogP contribution in [-0.4, -0.2) is 10.2 Å². The zero-order valence-electron chi connectivity index (χ0n) is 14.8. The van der Waals surface area contributed by atoms with Crippen LogP contribution >= 0.6 is 63.7 Å². The number of hydrogen-bond acceptors (Lipinski definition) is 2. The van der Waals surface area contributed by atoms with Crippen LogP contribution in [0.5, 0.6) is 11.5 Å². The van der Waals surface area contributed by atoms with Gasteiger partial charge in [-0.3, -0.25) is 0 Å². The fourth-order valence-corrected chi connectivity index (χ4v) is 5.50. The highest BCUT2D eigenvalue weighted by atomic mass is 79.9. The minimum absolute atomic E-state index is 0.204. The molecule has 0 heterocycles. The number of halogens is 4. The lowest BCUT2D eigenvalue weighted by Gasteiger charge is -2.32. The molecule has 26 heavy (non-hydrogen) atoms. The summed E-state index contributed by atoms with van der Waals surface area (Å²) >= 11 is 13.8. The highest BCUT2D eigenvalue weighted by molar-refractivity contribution is 9.11. The average molecular weight is 614 g/mol. The van der Waals surface area contributed by atoms with Gasteiger partial charge in [-0.2, -0.15) is 0 Å². The molecule has 0 aliphatic carbocycles. The summed E-state index contributed by atoms with van der Waals surface area (Å²) in [5.41, 5.74) is 1.95. The van der Waals surface area contributed by atoms with Gasteiger partial charge in [-0.1, -0.05) is 39.5 Å². The third-order valence-electron chi connectivity index (χ3n) is 4.84. The molecule has 0 fully saturated rings. The van der Waals surface area contributed by atoms with Crippen LogP contribution in [0, 0.1) is 0 Å². The number of aromatic hydroxyl groups is 2.